The van der Waals surface area contributed by atoms with Gasteiger partial charge in [-0.2, -0.15) is 0 Å². The van der Waals surface area contributed by atoms with Gasteiger partial charge in [-0.05, 0) is 17.9 Å². The topological polar surface area (TPSA) is 46.0 Å². The van der Waals surface area contributed by atoms with Gasteiger partial charge in [0.15, 0.2) is 0 Å². The average Bonchev–Trinajstić information content (AvgIpc) is 3.15. The molecule has 0 amide bonds. The fraction of sp³-hybridized carbons (Fsp3) is 0.571. The first-order valence-corrected chi connectivity index (χ1v) is 8.05. The third kappa shape index (κ3) is 3.66. The lowest BCUT2D eigenvalue weighted by molar-refractivity contribution is 0.231. The minimum atomic E-state index is -0.713. The van der Waals surface area contributed by atoms with Gasteiger partial charge in [0.05, 0.1) is 11.9 Å². The quantitative estimate of drug-likeness (QED) is 0.880. The molecule has 0 aromatic carbocycles. The molecule has 2 aromatic rings. The van der Waals surface area contributed by atoms with E-state index >= 15 is 0 Å². The summed E-state index contributed by atoms with van der Waals surface area (Å²) in [6.07, 6.45) is 1.65. The van der Waals surface area contributed by atoms with Gasteiger partial charge in [-0.1, -0.05) is 11.3 Å². The van der Waals surface area contributed by atoms with Crippen molar-refractivity contribution >= 4 is 11.3 Å². The summed E-state index contributed by atoms with van der Waals surface area (Å²) in [6, 6.07) is 4.41. The lowest BCUT2D eigenvalue weighted by Gasteiger charge is -2.23. The maximum atomic E-state index is 13.7. The van der Waals surface area contributed by atoms with Gasteiger partial charge < -0.3 is 5.32 Å². The molecule has 1 aliphatic heterocycles. The molecule has 1 saturated heterocycles. The van der Waals surface area contributed by atoms with E-state index in [0.29, 0.717) is 19.5 Å². The van der Waals surface area contributed by atoms with Crippen molar-refractivity contribution in [2.45, 2.75) is 31.7 Å². The fourth-order valence-corrected chi connectivity index (χ4v) is 3.50. The number of alkyl halides is 1. The van der Waals surface area contributed by atoms with E-state index in [2.05, 4.69) is 32.0 Å². The molecule has 0 unspecified atom stereocenters. The highest BCUT2D eigenvalue weighted by atomic mass is 32.1. The summed E-state index contributed by atoms with van der Waals surface area (Å²) in [7, 11) is 1.88. The third-order valence-corrected chi connectivity index (χ3v) is 4.77. The lowest BCUT2D eigenvalue weighted by Crippen LogP contribution is -2.37. The van der Waals surface area contributed by atoms with Gasteiger partial charge in [0.2, 0.25) is 0 Å². The highest BCUT2D eigenvalue weighted by Gasteiger charge is 2.31. The monoisotopic (exact) mass is 309 g/mol. The van der Waals surface area contributed by atoms with E-state index in [-0.39, 0.29) is 6.04 Å². The van der Waals surface area contributed by atoms with Crippen molar-refractivity contribution in [2.24, 2.45) is 7.05 Å². The Balaban J connectivity index is 1.52. The number of nitrogens with zero attached hydrogens (tertiary/aromatic N) is 4. The van der Waals surface area contributed by atoms with E-state index < -0.39 is 6.17 Å². The molecule has 0 bridgehead atoms. The zero-order valence-corrected chi connectivity index (χ0v) is 12.9. The van der Waals surface area contributed by atoms with Crippen LogP contribution in [-0.2, 0) is 20.1 Å². The Morgan fingerprint density at radius 2 is 2.43 bits per heavy atom. The summed E-state index contributed by atoms with van der Waals surface area (Å²) in [5, 5.41) is 13.2. The van der Waals surface area contributed by atoms with Crippen LogP contribution in [0.1, 0.15) is 17.0 Å². The van der Waals surface area contributed by atoms with Crippen LogP contribution >= 0.6 is 11.3 Å². The second-order valence-electron chi connectivity index (χ2n) is 5.48. The van der Waals surface area contributed by atoms with Crippen LogP contribution in [0.25, 0.3) is 0 Å². The molecule has 0 radical (unpaired) electrons. The number of nitrogens with one attached hydrogen (secondary N) is 1. The molecule has 2 aromatic heterocycles. The predicted octanol–water partition coefficient (Wildman–Crippen LogP) is 1.58. The van der Waals surface area contributed by atoms with Crippen LogP contribution in [0.3, 0.4) is 0 Å². The summed E-state index contributed by atoms with van der Waals surface area (Å²) in [5.74, 6) is 0. The summed E-state index contributed by atoms with van der Waals surface area (Å²) in [5.41, 5.74) is 1.04. The third-order valence-electron chi connectivity index (χ3n) is 3.91. The van der Waals surface area contributed by atoms with E-state index in [1.165, 1.54) is 4.88 Å². The molecule has 1 aliphatic rings. The van der Waals surface area contributed by atoms with E-state index in [1.807, 2.05) is 13.1 Å². The molecule has 3 heterocycles. The first-order valence-electron chi connectivity index (χ1n) is 7.17. The molecule has 1 fully saturated rings. The number of halogens is 1. The Bertz CT molecular complexity index is 555. The molecular formula is C14H20FN5S. The summed E-state index contributed by atoms with van der Waals surface area (Å²) in [4.78, 5) is 3.54. The van der Waals surface area contributed by atoms with Crippen LogP contribution in [-0.4, -0.2) is 45.2 Å². The number of aryl methyl sites for hydroxylation is 1. The number of thiophene rings is 1. The van der Waals surface area contributed by atoms with Crippen LogP contribution in [0.15, 0.2) is 23.7 Å². The Kier molecular flexibility index (Phi) is 4.62. The summed E-state index contributed by atoms with van der Waals surface area (Å²) < 4.78 is 15.5. The van der Waals surface area contributed by atoms with Crippen LogP contribution in [0.5, 0.6) is 0 Å². The van der Waals surface area contributed by atoms with Crippen molar-refractivity contribution in [3.8, 4) is 0 Å². The van der Waals surface area contributed by atoms with Crippen molar-refractivity contribution in [1.82, 2.24) is 25.2 Å². The van der Waals surface area contributed by atoms with Gasteiger partial charge in [0.1, 0.15) is 6.17 Å². The van der Waals surface area contributed by atoms with Gasteiger partial charge in [-0.15, -0.1) is 16.4 Å². The van der Waals surface area contributed by atoms with Gasteiger partial charge in [0, 0.05) is 44.1 Å². The van der Waals surface area contributed by atoms with Crippen LogP contribution in [0, 0.1) is 0 Å². The van der Waals surface area contributed by atoms with E-state index in [9.17, 15) is 4.39 Å². The minimum absolute atomic E-state index is 0.253. The standard InChI is InChI=1S/C14H20FN5S/c1-19-13(8-17-18-19)7-16-6-12-5-11(15)9-20(12)10-14-3-2-4-21-14/h2-4,8,11-12,16H,5-7,9-10H2,1H3/t11-,12-/m0/s1. The van der Waals surface area contributed by atoms with E-state index in [4.69, 9.17) is 0 Å². The zero-order chi connectivity index (χ0) is 14.7. The highest BCUT2D eigenvalue weighted by molar-refractivity contribution is 7.09. The maximum Gasteiger partial charge on any atom is 0.114 e. The van der Waals surface area contributed by atoms with Gasteiger partial charge >= 0.3 is 0 Å². The zero-order valence-electron chi connectivity index (χ0n) is 12.1. The highest BCUT2D eigenvalue weighted by Crippen LogP contribution is 2.23. The number of likely N-dealkylation sites (tertiary alicyclic amines) is 1. The minimum Gasteiger partial charge on any atom is -0.310 e. The number of rotatable bonds is 6. The molecule has 3 rings (SSSR count). The predicted molar refractivity (Wildman–Crippen MR) is 80.7 cm³/mol. The number of hydrogen-bond acceptors (Lipinski definition) is 5. The normalized spacial score (nSPS) is 23.0. The average molecular weight is 309 g/mol. The molecule has 0 aliphatic carbocycles. The molecule has 114 valence electrons. The molecule has 2 atom stereocenters. The van der Waals surface area contributed by atoms with Crippen molar-refractivity contribution < 1.29 is 4.39 Å². The molecule has 21 heavy (non-hydrogen) atoms. The Morgan fingerprint density at radius 1 is 1.52 bits per heavy atom. The van der Waals surface area contributed by atoms with Crippen LogP contribution in [0.2, 0.25) is 0 Å². The Morgan fingerprint density at radius 3 is 3.14 bits per heavy atom. The Hall–Kier alpha value is -1.31. The fourth-order valence-electron chi connectivity index (χ4n) is 2.77. The number of aromatic nitrogens is 3. The molecule has 7 heteroatoms. The second kappa shape index (κ2) is 6.64. The first-order chi connectivity index (χ1) is 10.2. The van der Waals surface area contributed by atoms with Crippen molar-refractivity contribution in [3.63, 3.8) is 0 Å². The first kappa shape index (κ1) is 14.6. The number of hydrogen-bond donors (Lipinski definition) is 1. The molecular weight excluding hydrogens is 289 g/mol. The largest absolute Gasteiger partial charge is 0.310 e. The van der Waals surface area contributed by atoms with Gasteiger partial charge in [-0.25, -0.2) is 4.39 Å². The maximum absolute atomic E-state index is 13.7. The van der Waals surface area contributed by atoms with E-state index in [0.717, 1.165) is 18.8 Å². The van der Waals surface area contributed by atoms with Crippen molar-refractivity contribution in [2.75, 3.05) is 13.1 Å². The molecule has 5 nitrogen and oxygen atoms in total. The second-order valence-corrected chi connectivity index (χ2v) is 6.51. The lowest BCUT2D eigenvalue weighted by atomic mass is 10.2. The van der Waals surface area contributed by atoms with Crippen LogP contribution < -0.4 is 5.32 Å². The summed E-state index contributed by atoms with van der Waals surface area (Å²) >= 11 is 1.73. The van der Waals surface area contributed by atoms with Crippen molar-refractivity contribution in [1.29, 1.82) is 0 Å². The molecule has 0 spiro atoms. The smallest absolute Gasteiger partial charge is 0.114 e. The van der Waals surface area contributed by atoms with Crippen molar-refractivity contribution in [3.05, 3.63) is 34.3 Å². The van der Waals surface area contributed by atoms with E-state index in [1.54, 1.807) is 22.2 Å². The van der Waals surface area contributed by atoms with Gasteiger partial charge in [0.25, 0.3) is 0 Å². The molecule has 0 saturated carbocycles. The van der Waals surface area contributed by atoms with Gasteiger partial charge in [-0.3, -0.25) is 9.58 Å². The SMILES string of the molecule is Cn1nncc1CNC[C@@H]1C[C@H](F)CN1Cc1cccs1. The Labute approximate surface area is 127 Å². The van der Waals surface area contributed by atoms with Crippen LogP contribution in [0.4, 0.5) is 4.39 Å². The molecule has 1 N–H and O–H groups in total. The summed E-state index contributed by atoms with van der Waals surface area (Å²) in [6.45, 7) is 2.88.